The lowest BCUT2D eigenvalue weighted by molar-refractivity contribution is -0.681. The van der Waals surface area contributed by atoms with Crippen molar-refractivity contribution in [3.8, 4) is 0 Å². The minimum Gasteiger partial charge on any atom is -0.378 e. The minimum atomic E-state index is 0. The van der Waals surface area contributed by atoms with Gasteiger partial charge in [-0.2, -0.15) is 0 Å². The molecule has 45 heavy (non-hydrogen) atoms. The molecule has 0 aliphatic heterocycles. The summed E-state index contributed by atoms with van der Waals surface area (Å²) in [6.07, 6.45) is 3.57. The fourth-order valence-corrected chi connectivity index (χ4v) is 4.38. The molecule has 13 nitrogen and oxygen atoms in total. The average Bonchev–Trinajstić information content (AvgIpc) is 3.65. The van der Waals surface area contributed by atoms with E-state index < -0.39 is 0 Å². The highest BCUT2D eigenvalue weighted by molar-refractivity contribution is 5.53. The molecule has 0 atom stereocenters. The van der Waals surface area contributed by atoms with Crippen molar-refractivity contribution in [2.45, 2.75) is 68.7 Å². The Morgan fingerprint density at radius 2 is 1.00 bits per heavy atom. The van der Waals surface area contributed by atoms with Gasteiger partial charge in [0.25, 0.3) is 0 Å². The second-order valence-electron chi connectivity index (χ2n) is 9.95. The Hall–Kier alpha value is -4.52. The van der Waals surface area contributed by atoms with Crippen molar-refractivity contribution in [2.75, 3.05) is 50.2 Å². The van der Waals surface area contributed by atoms with Gasteiger partial charge in [-0.15, -0.1) is 9.36 Å². The van der Waals surface area contributed by atoms with Crippen LogP contribution in [0.1, 0.15) is 42.5 Å². The Labute approximate surface area is 268 Å². The Balaban J connectivity index is 0.00000353. The van der Waals surface area contributed by atoms with E-state index in [9.17, 15) is 0 Å². The summed E-state index contributed by atoms with van der Waals surface area (Å²) in [5.74, 6) is 1.49. The molecule has 2 aromatic heterocycles. The van der Waals surface area contributed by atoms with Crippen LogP contribution < -0.4 is 18.9 Å². The molecule has 0 saturated heterocycles. The molecule has 244 valence electrons. The highest BCUT2D eigenvalue weighted by Crippen LogP contribution is 2.22. The summed E-state index contributed by atoms with van der Waals surface area (Å²) in [6.45, 7) is 14.1. The molecule has 4 rings (SSSR count). The summed E-state index contributed by atoms with van der Waals surface area (Å²) in [5.41, 5.74) is 3.80. The molecule has 0 saturated carbocycles. The van der Waals surface area contributed by atoms with Gasteiger partial charge in [0.15, 0.2) is 0 Å². The zero-order valence-electron chi connectivity index (χ0n) is 26.2. The zero-order valence-corrected chi connectivity index (χ0v) is 26.2. The number of rotatable bonds is 16. The Morgan fingerprint density at radius 1 is 0.622 bits per heavy atom. The predicted octanol–water partition coefficient (Wildman–Crippen LogP) is 6.43. The average molecular weight is 621 g/mol. The molecule has 0 unspecified atom stereocenters. The first-order chi connectivity index (χ1) is 21.0. The first-order valence-electron chi connectivity index (χ1n) is 14.9. The number of hydrogen-bond donors (Lipinski definition) is 0. The van der Waals surface area contributed by atoms with Crippen LogP contribution in [0.5, 0.6) is 0 Å². The van der Waals surface area contributed by atoms with Crippen molar-refractivity contribution in [3.63, 3.8) is 0 Å². The SMILES string of the molecule is C.C.CCn1nc[n+](CC)c1N=Nc1ccc(N(C)CCOCCN(C)c2ccc(N=Nc3n(CC)nc[n+]3CC)cc2)cc1. The number of azo groups is 2. The van der Waals surface area contributed by atoms with Crippen LogP contribution in [-0.2, 0) is 30.9 Å². The zero-order chi connectivity index (χ0) is 30.6. The van der Waals surface area contributed by atoms with Crippen LogP contribution in [0.3, 0.4) is 0 Å². The van der Waals surface area contributed by atoms with E-state index in [2.05, 4.69) is 92.7 Å². The van der Waals surface area contributed by atoms with Gasteiger partial charge in [0.2, 0.25) is 12.7 Å². The summed E-state index contributed by atoms with van der Waals surface area (Å²) < 4.78 is 13.6. The molecule has 0 amide bonds. The first kappa shape index (κ1) is 36.7. The Morgan fingerprint density at radius 3 is 1.33 bits per heavy atom. The number of ether oxygens (including phenoxy) is 1. The molecular weight excluding hydrogens is 568 g/mol. The molecule has 0 bridgehead atoms. The second-order valence-corrected chi connectivity index (χ2v) is 9.95. The maximum atomic E-state index is 5.94. The molecule has 4 aromatic rings. The van der Waals surface area contributed by atoms with Crippen LogP contribution in [0, 0.1) is 0 Å². The van der Waals surface area contributed by atoms with E-state index in [4.69, 9.17) is 4.74 Å². The van der Waals surface area contributed by atoms with Crippen LogP contribution in [0.2, 0.25) is 0 Å². The Bertz CT molecular complexity index is 1320. The van der Waals surface area contributed by atoms with Gasteiger partial charge >= 0.3 is 11.9 Å². The second kappa shape index (κ2) is 18.3. The lowest BCUT2D eigenvalue weighted by Gasteiger charge is -2.21. The van der Waals surface area contributed by atoms with E-state index in [1.54, 1.807) is 12.7 Å². The molecule has 2 aromatic carbocycles. The molecule has 0 radical (unpaired) electrons. The monoisotopic (exact) mass is 620 g/mol. The van der Waals surface area contributed by atoms with Gasteiger partial charge < -0.3 is 14.5 Å². The van der Waals surface area contributed by atoms with Gasteiger partial charge in [0, 0.05) is 48.8 Å². The van der Waals surface area contributed by atoms with Crippen LogP contribution in [0.15, 0.2) is 81.6 Å². The number of aryl methyl sites for hydroxylation is 4. The van der Waals surface area contributed by atoms with Crippen LogP contribution in [0.4, 0.5) is 34.6 Å². The summed E-state index contributed by atoms with van der Waals surface area (Å²) >= 11 is 0. The lowest BCUT2D eigenvalue weighted by Crippen LogP contribution is -2.30. The first-order valence-corrected chi connectivity index (χ1v) is 14.9. The maximum absolute atomic E-state index is 5.94. The van der Waals surface area contributed by atoms with Crippen molar-refractivity contribution in [1.29, 1.82) is 0 Å². The smallest absolute Gasteiger partial charge is 0.378 e. The van der Waals surface area contributed by atoms with Crippen molar-refractivity contribution in [1.82, 2.24) is 19.6 Å². The fourth-order valence-electron chi connectivity index (χ4n) is 4.38. The molecular formula is C32H52N12O+2. The largest absolute Gasteiger partial charge is 0.403 e. The predicted molar refractivity (Wildman–Crippen MR) is 180 cm³/mol. The number of aromatic nitrogens is 6. The third-order valence-electron chi connectivity index (χ3n) is 7.15. The number of nitrogens with zero attached hydrogens (tertiary/aromatic N) is 12. The van der Waals surface area contributed by atoms with Gasteiger partial charge in [-0.25, -0.2) is 9.13 Å². The third kappa shape index (κ3) is 9.73. The van der Waals surface area contributed by atoms with Crippen molar-refractivity contribution in [3.05, 3.63) is 61.2 Å². The maximum Gasteiger partial charge on any atom is 0.403 e. The molecule has 0 aliphatic carbocycles. The van der Waals surface area contributed by atoms with Gasteiger partial charge in [-0.05, 0) is 86.4 Å². The lowest BCUT2D eigenvalue weighted by atomic mass is 10.2. The van der Waals surface area contributed by atoms with Crippen LogP contribution >= 0.6 is 0 Å². The Kier molecular flexibility index (Phi) is 14.9. The van der Waals surface area contributed by atoms with Gasteiger partial charge in [0.05, 0.1) is 50.8 Å². The molecule has 0 fully saturated rings. The van der Waals surface area contributed by atoms with Crippen LogP contribution in [0.25, 0.3) is 0 Å². The minimum absolute atomic E-state index is 0. The summed E-state index contributed by atoms with van der Waals surface area (Å²) in [4.78, 5) is 4.34. The normalized spacial score (nSPS) is 11.2. The van der Waals surface area contributed by atoms with Gasteiger partial charge in [-0.3, -0.25) is 0 Å². The molecule has 0 N–H and O–H groups in total. The molecule has 2 heterocycles. The van der Waals surface area contributed by atoms with E-state index in [-0.39, 0.29) is 14.9 Å². The van der Waals surface area contributed by atoms with Crippen molar-refractivity contribution >= 4 is 34.6 Å². The standard InChI is InChI=1S/C30H44N12O.2CH4/c1-7-39-23-31-41(9-3)29(39)35-33-25-11-15-27(16-12-25)37(5)19-21-43-22-20-38(6)28-17-13-26(14-18-28)34-36-30-40(8-2)24-32-42(30)10-4;;/h11-18,23-24H,7-10,19-22H2,1-6H3;2*1H4/q+2;;. The highest BCUT2D eigenvalue weighted by atomic mass is 16.5. The van der Waals surface area contributed by atoms with E-state index >= 15 is 0 Å². The van der Waals surface area contributed by atoms with Crippen LogP contribution in [-0.4, -0.2) is 60.0 Å². The van der Waals surface area contributed by atoms with E-state index in [1.165, 1.54) is 0 Å². The summed E-state index contributed by atoms with van der Waals surface area (Å²) in [6, 6.07) is 16.1. The number of likely N-dealkylation sites (N-methyl/N-ethyl adjacent to an activating group) is 2. The summed E-state index contributed by atoms with van der Waals surface area (Å²) in [5, 5.41) is 26.4. The molecule has 0 aliphatic rings. The number of anilines is 2. The third-order valence-corrected chi connectivity index (χ3v) is 7.15. The fraction of sp³-hybridized carbons (Fsp3) is 0.500. The van der Waals surface area contributed by atoms with E-state index in [0.29, 0.717) is 13.2 Å². The topological polar surface area (TPSA) is 109 Å². The molecule has 13 heteroatoms. The quantitative estimate of drug-likeness (QED) is 0.0815. The van der Waals surface area contributed by atoms with Gasteiger partial charge in [-0.1, -0.05) is 25.1 Å². The van der Waals surface area contributed by atoms with E-state index in [1.807, 2.05) is 56.6 Å². The molecule has 0 spiro atoms. The van der Waals surface area contributed by atoms with Crippen molar-refractivity contribution < 1.29 is 13.9 Å². The highest BCUT2D eigenvalue weighted by Gasteiger charge is 2.16. The van der Waals surface area contributed by atoms with E-state index in [0.717, 1.165) is 73.9 Å². The number of hydrogen-bond acceptors (Lipinski definition) is 9. The summed E-state index contributed by atoms with van der Waals surface area (Å²) in [7, 11) is 4.12. The number of benzene rings is 2. The van der Waals surface area contributed by atoms with Gasteiger partial charge in [0.1, 0.15) is 0 Å². The van der Waals surface area contributed by atoms with Crippen molar-refractivity contribution in [2.24, 2.45) is 20.5 Å².